The van der Waals surface area contributed by atoms with E-state index in [1.807, 2.05) is 0 Å². The van der Waals surface area contributed by atoms with Crippen LogP contribution in [0.1, 0.15) is 28.8 Å². The molecule has 0 radical (unpaired) electrons. The van der Waals surface area contributed by atoms with Gasteiger partial charge in [0.25, 0.3) is 0 Å². The van der Waals surface area contributed by atoms with Crippen LogP contribution in [0.15, 0.2) is 28.8 Å². The number of benzene rings is 1. The molecule has 1 unspecified atom stereocenters. The Hall–Kier alpha value is -1.30. The fraction of sp³-hybridized carbons (Fsp3) is 0.300. The lowest BCUT2D eigenvalue weighted by molar-refractivity contribution is 0.108. The van der Waals surface area contributed by atoms with E-state index in [1.54, 1.807) is 0 Å². The Bertz CT molecular complexity index is 381. The molecule has 16 heavy (non-hydrogen) atoms. The Morgan fingerprint density at radius 3 is 2.31 bits per heavy atom. The van der Waals surface area contributed by atoms with Gasteiger partial charge in [-0.1, -0.05) is 31.2 Å². The molecular weight excluding hydrogens is 236 g/mol. The van der Waals surface area contributed by atoms with Gasteiger partial charge in [0, 0.05) is 16.1 Å². The molecular formula is C10H9F2NO2S. The molecule has 0 fully saturated rings. The molecule has 86 valence electrons. The van der Waals surface area contributed by atoms with Gasteiger partial charge in [-0.05, 0) is 5.56 Å². The third-order valence-corrected chi connectivity index (χ3v) is 2.65. The first-order valence-corrected chi connectivity index (χ1v) is 5.25. The van der Waals surface area contributed by atoms with Crippen LogP contribution < -0.4 is 0 Å². The molecule has 6 heteroatoms. The molecule has 0 saturated heterocycles. The van der Waals surface area contributed by atoms with Crippen LogP contribution >= 0.6 is 11.9 Å². The van der Waals surface area contributed by atoms with Gasteiger partial charge < -0.3 is 0 Å². The van der Waals surface area contributed by atoms with Crippen molar-refractivity contribution in [3.63, 3.8) is 0 Å². The number of carbonyl (C=O) groups excluding carboxylic acids is 1. The van der Waals surface area contributed by atoms with Crippen molar-refractivity contribution in [3.05, 3.63) is 40.3 Å². The summed E-state index contributed by atoms with van der Waals surface area (Å²) in [6.07, 6.45) is -2.44. The van der Waals surface area contributed by atoms with E-state index in [4.69, 9.17) is 0 Å². The number of halogens is 2. The van der Waals surface area contributed by atoms with Crippen LogP contribution in [0.3, 0.4) is 0 Å². The largest absolute Gasteiger partial charge is 0.279 e. The predicted octanol–water partition coefficient (Wildman–Crippen LogP) is 3.61. The minimum atomic E-state index is -2.44. The number of hydrogen-bond acceptors (Lipinski definition) is 4. The molecule has 1 aromatic rings. The Kier molecular flexibility index (Phi) is 4.54. The van der Waals surface area contributed by atoms with Crippen LogP contribution in [0.25, 0.3) is 0 Å². The first kappa shape index (κ1) is 12.8. The topological polar surface area (TPSA) is 46.5 Å². The summed E-state index contributed by atoms with van der Waals surface area (Å²) in [5, 5.41) is -0.494. The van der Waals surface area contributed by atoms with Crippen molar-refractivity contribution in [2.45, 2.75) is 19.3 Å². The second-order valence-corrected chi connectivity index (χ2v) is 3.90. The molecule has 0 amide bonds. The van der Waals surface area contributed by atoms with Gasteiger partial charge in [0.1, 0.15) is 11.9 Å². The van der Waals surface area contributed by atoms with Gasteiger partial charge in [0.2, 0.25) is 11.5 Å². The maximum atomic E-state index is 12.4. The lowest BCUT2D eigenvalue weighted by atomic mass is 10.0. The molecule has 0 aliphatic heterocycles. The highest BCUT2D eigenvalue weighted by Crippen LogP contribution is 2.23. The molecule has 1 aromatic carbocycles. The normalized spacial score (nSPS) is 12.5. The maximum Gasteiger partial charge on any atom is 0.245 e. The molecule has 1 atom stereocenters. The molecule has 0 bridgehead atoms. The molecule has 0 saturated carbocycles. The number of nitrogens with zero attached hydrogens (tertiary/aromatic N) is 1. The Balaban J connectivity index is 2.82. The lowest BCUT2D eigenvalue weighted by Gasteiger charge is -2.10. The van der Waals surface area contributed by atoms with Gasteiger partial charge in [0.15, 0.2) is 0 Å². The molecule has 0 heterocycles. The van der Waals surface area contributed by atoms with Gasteiger partial charge in [-0.2, -0.15) is 0 Å². The smallest absolute Gasteiger partial charge is 0.245 e. The third kappa shape index (κ3) is 3.10. The molecule has 0 aromatic heterocycles. The lowest BCUT2D eigenvalue weighted by Crippen LogP contribution is -2.04. The van der Waals surface area contributed by atoms with Crippen molar-refractivity contribution in [2.75, 3.05) is 0 Å². The summed E-state index contributed by atoms with van der Waals surface area (Å²) in [4.78, 5) is 21.0. The van der Waals surface area contributed by atoms with Crippen molar-refractivity contribution in [2.24, 2.45) is 4.58 Å². The summed E-state index contributed by atoms with van der Waals surface area (Å²) in [5.41, 5.74) is 0.727. The van der Waals surface area contributed by atoms with Gasteiger partial charge in [-0.15, -0.1) is 4.91 Å². The molecule has 0 spiro atoms. The highest BCUT2D eigenvalue weighted by atomic mass is 32.2. The van der Waals surface area contributed by atoms with E-state index < -0.39 is 17.5 Å². The standard InChI is InChI=1S/C10H9F2NO2S/c1-6(9(11)12)7-2-4-8(5-3-7)10(14)16-13-15/h2-6,9H,1H3. The van der Waals surface area contributed by atoms with Crippen LogP contribution in [0.5, 0.6) is 0 Å². The van der Waals surface area contributed by atoms with E-state index in [2.05, 4.69) is 4.58 Å². The van der Waals surface area contributed by atoms with Crippen LogP contribution in [-0.4, -0.2) is 11.5 Å². The van der Waals surface area contributed by atoms with Crippen molar-refractivity contribution in [3.8, 4) is 0 Å². The van der Waals surface area contributed by atoms with Crippen molar-refractivity contribution < 1.29 is 13.6 Å². The zero-order valence-electron chi connectivity index (χ0n) is 8.39. The average molecular weight is 245 g/mol. The van der Waals surface area contributed by atoms with Gasteiger partial charge >= 0.3 is 0 Å². The van der Waals surface area contributed by atoms with Gasteiger partial charge in [0.05, 0.1) is 0 Å². The number of hydrogen-bond donors (Lipinski definition) is 0. The minimum Gasteiger partial charge on any atom is -0.279 e. The third-order valence-electron chi connectivity index (χ3n) is 2.17. The quantitative estimate of drug-likeness (QED) is 0.601. The Morgan fingerprint density at radius 1 is 1.31 bits per heavy atom. The molecule has 3 nitrogen and oxygen atoms in total. The van der Waals surface area contributed by atoms with Gasteiger partial charge in [-0.3, -0.25) is 4.79 Å². The average Bonchev–Trinajstić information content (AvgIpc) is 2.28. The summed E-state index contributed by atoms with van der Waals surface area (Å²) in [5.74, 6) is -0.874. The highest BCUT2D eigenvalue weighted by molar-refractivity contribution is 8.12. The number of alkyl halides is 2. The maximum absolute atomic E-state index is 12.4. The summed E-state index contributed by atoms with van der Waals surface area (Å²) in [7, 11) is 0. The molecule has 0 N–H and O–H groups in total. The van der Waals surface area contributed by atoms with Crippen molar-refractivity contribution in [1.29, 1.82) is 0 Å². The van der Waals surface area contributed by atoms with E-state index in [0.717, 1.165) is 0 Å². The van der Waals surface area contributed by atoms with E-state index in [0.29, 0.717) is 5.56 Å². The summed E-state index contributed by atoms with van der Waals surface area (Å²) in [6, 6.07) is 5.73. The fourth-order valence-corrected chi connectivity index (χ4v) is 1.46. The van der Waals surface area contributed by atoms with E-state index in [-0.39, 0.29) is 17.5 Å². The number of rotatable bonds is 4. The first-order valence-electron chi connectivity index (χ1n) is 4.48. The van der Waals surface area contributed by atoms with Gasteiger partial charge in [-0.25, -0.2) is 8.78 Å². The summed E-state index contributed by atoms with van der Waals surface area (Å²) >= 11 is 0.287. The zero-order valence-corrected chi connectivity index (χ0v) is 9.21. The molecule has 0 aliphatic rings. The Labute approximate surface area is 95.3 Å². The highest BCUT2D eigenvalue weighted by Gasteiger charge is 2.17. The van der Waals surface area contributed by atoms with Crippen molar-refractivity contribution >= 4 is 17.1 Å². The second kappa shape index (κ2) is 5.69. The van der Waals surface area contributed by atoms with Crippen LogP contribution in [0, 0.1) is 4.91 Å². The van der Waals surface area contributed by atoms with Crippen LogP contribution in [-0.2, 0) is 0 Å². The van der Waals surface area contributed by atoms with E-state index in [1.165, 1.54) is 31.2 Å². The SMILES string of the molecule is CC(c1ccc(C(=O)SN=O)cc1)C(F)F. The predicted molar refractivity (Wildman–Crippen MR) is 58.6 cm³/mol. The van der Waals surface area contributed by atoms with Crippen molar-refractivity contribution in [1.82, 2.24) is 0 Å². The fourth-order valence-electron chi connectivity index (χ4n) is 1.15. The molecule has 1 rings (SSSR count). The monoisotopic (exact) mass is 245 g/mol. The summed E-state index contributed by atoms with van der Waals surface area (Å²) < 4.78 is 27.1. The van der Waals surface area contributed by atoms with E-state index in [9.17, 15) is 18.5 Å². The minimum absolute atomic E-state index is 0.273. The number of carbonyl (C=O) groups is 1. The second-order valence-electron chi connectivity index (χ2n) is 3.20. The molecule has 0 aliphatic carbocycles. The van der Waals surface area contributed by atoms with Crippen LogP contribution in [0.2, 0.25) is 0 Å². The van der Waals surface area contributed by atoms with E-state index >= 15 is 0 Å². The first-order chi connectivity index (χ1) is 7.56. The number of nitroso groups, excluding NO2 is 1. The zero-order chi connectivity index (χ0) is 12.1. The van der Waals surface area contributed by atoms with Crippen LogP contribution in [0.4, 0.5) is 8.78 Å². The summed E-state index contributed by atoms with van der Waals surface area (Å²) in [6.45, 7) is 1.41. The Morgan fingerprint density at radius 2 is 1.88 bits per heavy atom.